The van der Waals surface area contributed by atoms with Crippen LogP contribution in [0, 0.1) is 13.8 Å². The first-order chi connectivity index (χ1) is 8.40. The summed E-state index contributed by atoms with van der Waals surface area (Å²) in [6.07, 6.45) is 0. The van der Waals surface area contributed by atoms with E-state index in [0.29, 0.717) is 5.75 Å². The molecule has 0 radical (unpaired) electrons. The predicted octanol–water partition coefficient (Wildman–Crippen LogP) is 3.00. The maximum absolute atomic E-state index is 11.3. The Morgan fingerprint density at radius 2 is 1.89 bits per heavy atom. The van der Waals surface area contributed by atoms with E-state index in [9.17, 15) is 4.79 Å². The lowest BCUT2D eigenvalue weighted by Crippen LogP contribution is -2.41. The van der Waals surface area contributed by atoms with Crippen LogP contribution in [0.2, 0.25) is 5.02 Å². The number of benzene rings is 1. The average Bonchev–Trinajstić information content (AvgIpc) is 2.24. The molecule has 1 rings (SSSR count). The molecule has 0 saturated carbocycles. The molecule has 0 atom stereocenters. The highest BCUT2D eigenvalue weighted by Gasteiger charge is 2.05. The minimum absolute atomic E-state index is 0.102. The number of hydrogen-bond donors (Lipinski definition) is 2. The van der Waals surface area contributed by atoms with Gasteiger partial charge in [0.2, 0.25) is 0 Å². The zero-order valence-electron chi connectivity index (χ0n) is 11.1. The predicted molar refractivity (Wildman–Crippen MR) is 73.2 cm³/mol. The molecule has 0 heterocycles. The molecule has 18 heavy (non-hydrogen) atoms. The molecule has 2 amide bonds. The Morgan fingerprint density at radius 3 is 2.39 bits per heavy atom. The molecule has 0 spiro atoms. The highest BCUT2D eigenvalue weighted by atomic mass is 35.5. The number of ether oxygens (including phenoxy) is 1. The van der Waals surface area contributed by atoms with Crippen molar-refractivity contribution in [1.82, 2.24) is 10.6 Å². The molecule has 1 aromatic rings. The van der Waals surface area contributed by atoms with Crippen LogP contribution < -0.4 is 15.4 Å². The summed E-state index contributed by atoms with van der Waals surface area (Å²) in [5.41, 5.74) is 1.91. The maximum Gasteiger partial charge on any atom is 0.317 e. The number of aryl methyl sites for hydroxylation is 2. The minimum atomic E-state index is -0.243. The fraction of sp³-hybridized carbons (Fsp3) is 0.462. The molecule has 4 nitrogen and oxygen atoms in total. The van der Waals surface area contributed by atoms with Crippen molar-refractivity contribution in [3.05, 3.63) is 28.3 Å². The van der Waals surface area contributed by atoms with Gasteiger partial charge in [-0.3, -0.25) is 0 Å². The lowest BCUT2D eigenvalue weighted by molar-refractivity contribution is 0.222. The Labute approximate surface area is 113 Å². The van der Waals surface area contributed by atoms with Gasteiger partial charge in [0, 0.05) is 11.1 Å². The largest absolute Gasteiger partial charge is 0.473 e. The molecule has 0 aliphatic carbocycles. The number of hydrogen-bond acceptors (Lipinski definition) is 2. The van der Waals surface area contributed by atoms with Crippen molar-refractivity contribution in [2.24, 2.45) is 0 Å². The zero-order chi connectivity index (χ0) is 13.7. The Morgan fingerprint density at radius 1 is 1.33 bits per heavy atom. The molecule has 0 saturated heterocycles. The Bertz CT molecular complexity index is 410. The average molecular weight is 271 g/mol. The molecular weight excluding hydrogens is 252 g/mol. The van der Waals surface area contributed by atoms with Crippen LogP contribution in [0.3, 0.4) is 0 Å². The van der Waals surface area contributed by atoms with Gasteiger partial charge in [-0.2, -0.15) is 0 Å². The molecule has 1 aromatic carbocycles. The number of carbonyl (C=O) groups excluding carboxylic acids is 1. The minimum Gasteiger partial charge on any atom is -0.473 e. The van der Waals surface area contributed by atoms with Gasteiger partial charge in [-0.1, -0.05) is 11.6 Å². The maximum atomic E-state index is 11.3. The first-order valence-electron chi connectivity index (χ1n) is 5.84. The fourth-order valence-electron chi connectivity index (χ4n) is 1.49. The summed E-state index contributed by atoms with van der Waals surface area (Å²) in [5.74, 6) is 0.694. The fourth-order valence-corrected chi connectivity index (χ4v) is 1.60. The number of urea groups is 1. The first-order valence-corrected chi connectivity index (χ1v) is 6.22. The molecule has 0 aromatic heterocycles. The Balaban J connectivity index is 2.47. The molecule has 0 aliphatic rings. The number of carbonyl (C=O) groups is 1. The molecule has 0 aliphatic heterocycles. The van der Waals surface area contributed by atoms with Gasteiger partial charge < -0.3 is 15.4 Å². The van der Waals surface area contributed by atoms with Gasteiger partial charge in [0.05, 0.1) is 0 Å². The zero-order valence-corrected chi connectivity index (χ0v) is 11.9. The topological polar surface area (TPSA) is 50.4 Å². The first kappa shape index (κ1) is 14.6. The van der Waals surface area contributed by atoms with E-state index in [1.54, 1.807) is 0 Å². The van der Waals surface area contributed by atoms with Crippen molar-refractivity contribution in [2.75, 3.05) is 6.73 Å². The van der Waals surface area contributed by atoms with Crippen LogP contribution in [0.1, 0.15) is 25.0 Å². The van der Waals surface area contributed by atoms with Crippen molar-refractivity contribution in [1.29, 1.82) is 0 Å². The number of amides is 2. The second kappa shape index (κ2) is 6.50. The van der Waals surface area contributed by atoms with E-state index in [1.165, 1.54) is 0 Å². The quantitative estimate of drug-likeness (QED) is 0.827. The molecular formula is C13H19ClN2O2. The molecule has 0 fully saturated rings. The lowest BCUT2D eigenvalue weighted by Gasteiger charge is -2.12. The summed E-state index contributed by atoms with van der Waals surface area (Å²) >= 11 is 6.06. The van der Waals surface area contributed by atoms with Gasteiger partial charge in [-0.25, -0.2) is 4.79 Å². The van der Waals surface area contributed by atoms with Gasteiger partial charge in [-0.05, 0) is 51.0 Å². The standard InChI is InChI=1S/C13H19ClN2O2/c1-8(2)16-13(17)15-7-18-11-5-9(3)12(14)10(4)6-11/h5-6,8H,7H2,1-4H3,(H2,15,16,17). The third-order valence-corrected chi connectivity index (χ3v) is 2.90. The van der Waals surface area contributed by atoms with E-state index in [0.717, 1.165) is 16.1 Å². The molecule has 100 valence electrons. The molecule has 2 N–H and O–H groups in total. The van der Waals surface area contributed by atoms with Crippen LogP contribution in [-0.4, -0.2) is 18.8 Å². The van der Waals surface area contributed by atoms with Gasteiger partial charge in [-0.15, -0.1) is 0 Å². The summed E-state index contributed by atoms with van der Waals surface area (Å²) in [5, 5.41) is 6.06. The Kier molecular flexibility index (Phi) is 5.28. The third-order valence-electron chi connectivity index (χ3n) is 2.30. The monoisotopic (exact) mass is 270 g/mol. The van der Waals surface area contributed by atoms with E-state index in [1.807, 2.05) is 39.8 Å². The van der Waals surface area contributed by atoms with Gasteiger partial charge in [0.1, 0.15) is 5.75 Å². The molecule has 0 bridgehead atoms. The molecule has 0 unspecified atom stereocenters. The summed E-state index contributed by atoms with van der Waals surface area (Å²) in [7, 11) is 0. The van der Waals surface area contributed by atoms with Crippen LogP contribution in [0.15, 0.2) is 12.1 Å². The van der Waals surface area contributed by atoms with Crippen molar-refractivity contribution >= 4 is 17.6 Å². The SMILES string of the molecule is Cc1cc(OCNC(=O)NC(C)C)cc(C)c1Cl. The van der Waals surface area contributed by atoms with Crippen LogP contribution >= 0.6 is 11.6 Å². The van der Waals surface area contributed by atoms with Crippen LogP contribution in [0.25, 0.3) is 0 Å². The second-order valence-electron chi connectivity index (χ2n) is 4.46. The van der Waals surface area contributed by atoms with E-state index in [4.69, 9.17) is 16.3 Å². The van der Waals surface area contributed by atoms with Crippen molar-refractivity contribution < 1.29 is 9.53 Å². The van der Waals surface area contributed by atoms with E-state index in [2.05, 4.69) is 10.6 Å². The number of nitrogens with one attached hydrogen (secondary N) is 2. The summed E-state index contributed by atoms with van der Waals surface area (Å²) in [6, 6.07) is 3.55. The van der Waals surface area contributed by atoms with Gasteiger partial charge in [0.25, 0.3) is 0 Å². The number of rotatable bonds is 4. The van der Waals surface area contributed by atoms with E-state index < -0.39 is 0 Å². The van der Waals surface area contributed by atoms with E-state index >= 15 is 0 Å². The Hall–Kier alpha value is -1.42. The van der Waals surface area contributed by atoms with Crippen molar-refractivity contribution in [3.63, 3.8) is 0 Å². The molecule has 5 heteroatoms. The van der Waals surface area contributed by atoms with E-state index in [-0.39, 0.29) is 18.8 Å². The summed E-state index contributed by atoms with van der Waals surface area (Å²) in [6.45, 7) is 7.75. The summed E-state index contributed by atoms with van der Waals surface area (Å²) < 4.78 is 5.44. The smallest absolute Gasteiger partial charge is 0.317 e. The van der Waals surface area contributed by atoms with Crippen molar-refractivity contribution in [3.8, 4) is 5.75 Å². The van der Waals surface area contributed by atoms with Crippen LogP contribution in [0.5, 0.6) is 5.75 Å². The highest BCUT2D eigenvalue weighted by molar-refractivity contribution is 6.32. The van der Waals surface area contributed by atoms with Crippen LogP contribution in [0.4, 0.5) is 4.79 Å². The van der Waals surface area contributed by atoms with Crippen LogP contribution in [-0.2, 0) is 0 Å². The van der Waals surface area contributed by atoms with Gasteiger partial charge in [0.15, 0.2) is 6.73 Å². The summed E-state index contributed by atoms with van der Waals surface area (Å²) in [4.78, 5) is 11.3. The normalized spacial score (nSPS) is 10.3. The van der Waals surface area contributed by atoms with Gasteiger partial charge >= 0.3 is 6.03 Å². The lowest BCUT2D eigenvalue weighted by atomic mass is 10.1. The van der Waals surface area contributed by atoms with Crippen molar-refractivity contribution in [2.45, 2.75) is 33.7 Å². The third kappa shape index (κ3) is 4.45. The number of halogens is 1. The highest BCUT2D eigenvalue weighted by Crippen LogP contribution is 2.25. The second-order valence-corrected chi connectivity index (χ2v) is 4.84.